The highest BCUT2D eigenvalue weighted by atomic mass is 19.4. The molecule has 2 aromatic rings. The molecule has 3 heterocycles. The van der Waals surface area contributed by atoms with Gasteiger partial charge >= 0.3 is 6.18 Å². The third-order valence-corrected chi connectivity index (χ3v) is 4.20. The van der Waals surface area contributed by atoms with Gasteiger partial charge in [0.15, 0.2) is 0 Å². The minimum atomic E-state index is -4.43. The highest BCUT2D eigenvalue weighted by molar-refractivity contribution is 5.22. The van der Waals surface area contributed by atoms with Gasteiger partial charge in [0.25, 0.3) is 5.56 Å². The van der Waals surface area contributed by atoms with Gasteiger partial charge in [-0.2, -0.15) is 13.2 Å². The Kier molecular flexibility index (Phi) is 4.89. The lowest BCUT2D eigenvalue weighted by Gasteiger charge is -2.27. The van der Waals surface area contributed by atoms with E-state index in [4.69, 9.17) is 0 Å². The Bertz CT molecular complexity index is 799. The van der Waals surface area contributed by atoms with Crippen LogP contribution in [0.15, 0.2) is 23.1 Å². The first-order chi connectivity index (χ1) is 11.9. The highest BCUT2D eigenvalue weighted by Crippen LogP contribution is 2.27. The number of aromatic nitrogens is 3. The number of halogens is 3. The molecular formula is C17H19F3N4O. The predicted octanol–water partition coefficient (Wildman–Crippen LogP) is 2.69. The predicted molar refractivity (Wildman–Crippen MR) is 85.9 cm³/mol. The third-order valence-electron chi connectivity index (χ3n) is 4.20. The number of hydrogen-bond acceptors (Lipinski definition) is 4. The normalized spacial score (nSPS) is 15.2. The first kappa shape index (κ1) is 17.6. The fourth-order valence-electron chi connectivity index (χ4n) is 2.97. The SMILES string of the molecule is CCCc1nc2c(c(=O)[nH]1)CN(Cc1ccc(C(F)(F)F)nc1)CC2. The van der Waals surface area contributed by atoms with Gasteiger partial charge in [-0.1, -0.05) is 13.0 Å². The molecule has 2 aromatic heterocycles. The maximum absolute atomic E-state index is 12.6. The van der Waals surface area contributed by atoms with Crippen molar-refractivity contribution < 1.29 is 13.2 Å². The summed E-state index contributed by atoms with van der Waals surface area (Å²) in [4.78, 5) is 25.1. The van der Waals surface area contributed by atoms with Gasteiger partial charge < -0.3 is 4.98 Å². The number of rotatable bonds is 4. The molecule has 5 nitrogen and oxygen atoms in total. The molecule has 134 valence electrons. The van der Waals surface area contributed by atoms with E-state index in [-0.39, 0.29) is 5.56 Å². The second-order valence-electron chi connectivity index (χ2n) is 6.20. The van der Waals surface area contributed by atoms with Gasteiger partial charge in [-0.15, -0.1) is 0 Å². The molecule has 0 atom stereocenters. The van der Waals surface area contributed by atoms with E-state index < -0.39 is 11.9 Å². The summed E-state index contributed by atoms with van der Waals surface area (Å²) < 4.78 is 37.7. The zero-order valence-electron chi connectivity index (χ0n) is 13.9. The molecule has 0 amide bonds. The number of hydrogen-bond donors (Lipinski definition) is 1. The fourth-order valence-corrected chi connectivity index (χ4v) is 2.97. The van der Waals surface area contributed by atoms with Crippen LogP contribution >= 0.6 is 0 Å². The Morgan fingerprint density at radius 2 is 2.12 bits per heavy atom. The maximum Gasteiger partial charge on any atom is 0.433 e. The van der Waals surface area contributed by atoms with E-state index in [0.717, 1.165) is 24.6 Å². The van der Waals surface area contributed by atoms with E-state index in [2.05, 4.69) is 15.0 Å². The van der Waals surface area contributed by atoms with Gasteiger partial charge in [0, 0.05) is 38.7 Å². The van der Waals surface area contributed by atoms with E-state index in [1.54, 1.807) is 0 Å². The zero-order chi connectivity index (χ0) is 18.0. The number of aromatic amines is 1. The Balaban J connectivity index is 1.72. The number of H-pyrrole nitrogens is 1. The summed E-state index contributed by atoms with van der Waals surface area (Å²) in [7, 11) is 0. The van der Waals surface area contributed by atoms with Crippen LogP contribution in [-0.2, 0) is 32.1 Å². The lowest BCUT2D eigenvalue weighted by atomic mass is 10.1. The molecule has 0 aromatic carbocycles. The molecule has 25 heavy (non-hydrogen) atoms. The lowest BCUT2D eigenvalue weighted by molar-refractivity contribution is -0.141. The average molecular weight is 352 g/mol. The van der Waals surface area contributed by atoms with Gasteiger partial charge in [0.05, 0.1) is 11.3 Å². The van der Waals surface area contributed by atoms with Crippen LogP contribution in [0.2, 0.25) is 0 Å². The van der Waals surface area contributed by atoms with Crippen LogP contribution < -0.4 is 5.56 Å². The number of alkyl halides is 3. The lowest BCUT2D eigenvalue weighted by Crippen LogP contribution is -2.35. The van der Waals surface area contributed by atoms with Crippen molar-refractivity contribution in [2.45, 2.75) is 45.5 Å². The molecule has 0 fully saturated rings. The van der Waals surface area contributed by atoms with Crippen LogP contribution in [0.1, 0.15) is 41.7 Å². The van der Waals surface area contributed by atoms with Gasteiger partial charge in [-0.05, 0) is 18.1 Å². The summed E-state index contributed by atoms with van der Waals surface area (Å²) in [6.07, 6.45) is -0.884. The van der Waals surface area contributed by atoms with E-state index in [0.29, 0.717) is 43.0 Å². The van der Waals surface area contributed by atoms with E-state index in [1.165, 1.54) is 12.3 Å². The summed E-state index contributed by atoms with van der Waals surface area (Å²) in [6, 6.07) is 2.41. The first-order valence-electron chi connectivity index (χ1n) is 8.22. The topological polar surface area (TPSA) is 61.9 Å². The molecule has 0 unspecified atom stereocenters. The summed E-state index contributed by atoms with van der Waals surface area (Å²) in [6.45, 7) is 3.61. The van der Waals surface area contributed by atoms with E-state index in [9.17, 15) is 18.0 Å². The molecule has 1 aliphatic rings. The van der Waals surface area contributed by atoms with Crippen LogP contribution in [0.3, 0.4) is 0 Å². The van der Waals surface area contributed by atoms with Crippen LogP contribution in [0, 0.1) is 0 Å². The van der Waals surface area contributed by atoms with Crippen molar-refractivity contribution in [1.82, 2.24) is 19.9 Å². The first-order valence-corrected chi connectivity index (χ1v) is 8.22. The minimum Gasteiger partial charge on any atom is -0.310 e. The number of nitrogens with one attached hydrogen (secondary N) is 1. The Hall–Kier alpha value is -2.22. The summed E-state index contributed by atoms with van der Waals surface area (Å²) in [5.41, 5.74) is 1.14. The van der Waals surface area contributed by atoms with Gasteiger partial charge in [-0.25, -0.2) is 4.98 Å². The van der Waals surface area contributed by atoms with E-state index in [1.807, 2.05) is 11.8 Å². The molecule has 0 saturated carbocycles. The Morgan fingerprint density at radius 1 is 1.32 bits per heavy atom. The molecule has 0 bridgehead atoms. The third kappa shape index (κ3) is 4.07. The molecule has 1 aliphatic heterocycles. The smallest absolute Gasteiger partial charge is 0.310 e. The quantitative estimate of drug-likeness (QED) is 0.919. The standard InChI is InChI=1S/C17H19F3N4O/c1-2-3-15-22-13-6-7-24(10-12(13)16(25)23-15)9-11-4-5-14(21-8-11)17(18,19)20/h4-5,8H,2-3,6-7,9-10H2,1H3,(H,22,23,25). The van der Waals surface area contributed by atoms with Crippen molar-refractivity contribution in [3.8, 4) is 0 Å². The number of fused-ring (bicyclic) bond motifs is 1. The summed E-state index contributed by atoms with van der Waals surface area (Å²) in [5, 5.41) is 0. The maximum atomic E-state index is 12.6. The number of nitrogens with zero attached hydrogens (tertiary/aromatic N) is 3. The van der Waals surface area contributed by atoms with Gasteiger partial charge in [-0.3, -0.25) is 14.7 Å². The fraction of sp³-hybridized carbons (Fsp3) is 0.471. The number of aryl methyl sites for hydroxylation is 1. The second-order valence-corrected chi connectivity index (χ2v) is 6.20. The molecule has 3 rings (SSSR count). The van der Waals surface area contributed by atoms with Crippen molar-refractivity contribution >= 4 is 0 Å². The van der Waals surface area contributed by atoms with Crippen LogP contribution in [0.25, 0.3) is 0 Å². The van der Waals surface area contributed by atoms with Gasteiger partial charge in [0.2, 0.25) is 0 Å². The molecular weight excluding hydrogens is 333 g/mol. The van der Waals surface area contributed by atoms with Crippen LogP contribution in [-0.4, -0.2) is 26.4 Å². The second kappa shape index (κ2) is 6.95. The van der Waals surface area contributed by atoms with Crippen molar-refractivity contribution in [2.24, 2.45) is 0 Å². The largest absolute Gasteiger partial charge is 0.433 e. The van der Waals surface area contributed by atoms with Crippen LogP contribution in [0.4, 0.5) is 13.2 Å². The number of pyridine rings is 1. The molecule has 8 heteroatoms. The van der Waals surface area contributed by atoms with Crippen molar-refractivity contribution in [1.29, 1.82) is 0 Å². The molecule has 0 spiro atoms. The van der Waals surface area contributed by atoms with E-state index >= 15 is 0 Å². The van der Waals surface area contributed by atoms with Crippen LogP contribution in [0.5, 0.6) is 0 Å². The monoisotopic (exact) mass is 352 g/mol. The highest BCUT2D eigenvalue weighted by Gasteiger charge is 2.32. The molecule has 0 saturated heterocycles. The van der Waals surface area contributed by atoms with Gasteiger partial charge in [0.1, 0.15) is 11.5 Å². The molecule has 0 aliphatic carbocycles. The zero-order valence-corrected chi connectivity index (χ0v) is 13.9. The van der Waals surface area contributed by atoms with Crippen molar-refractivity contribution in [3.63, 3.8) is 0 Å². The summed E-state index contributed by atoms with van der Waals surface area (Å²) in [5.74, 6) is 0.714. The Labute approximate surface area is 142 Å². The molecule has 0 radical (unpaired) electrons. The Morgan fingerprint density at radius 3 is 2.76 bits per heavy atom. The van der Waals surface area contributed by atoms with Crippen molar-refractivity contribution in [2.75, 3.05) is 6.54 Å². The summed E-state index contributed by atoms with van der Waals surface area (Å²) >= 11 is 0. The average Bonchev–Trinajstić information content (AvgIpc) is 2.55. The van der Waals surface area contributed by atoms with Crippen molar-refractivity contribution in [3.05, 3.63) is 57.0 Å². The molecule has 1 N–H and O–H groups in total. The minimum absolute atomic E-state index is 0.122.